The predicted octanol–water partition coefficient (Wildman–Crippen LogP) is 3.97. The van der Waals surface area contributed by atoms with E-state index in [4.69, 9.17) is 4.74 Å². The zero-order valence-corrected chi connectivity index (χ0v) is 12.6. The van der Waals surface area contributed by atoms with E-state index in [1.54, 1.807) is 20.8 Å². The van der Waals surface area contributed by atoms with Crippen molar-refractivity contribution in [1.82, 2.24) is 4.90 Å². The van der Waals surface area contributed by atoms with Crippen LogP contribution in [0.4, 0.5) is 22.4 Å². The van der Waals surface area contributed by atoms with Crippen LogP contribution in [-0.4, -0.2) is 29.7 Å². The van der Waals surface area contributed by atoms with E-state index in [0.29, 0.717) is 0 Å². The molecule has 1 aromatic carbocycles. The van der Waals surface area contributed by atoms with Gasteiger partial charge in [0.05, 0.1) is 0 Å². The van der Waals surface area contributed by atoms with Crippen molar-refractivity contribution in [2.24, 2.45) is 0 Å². The Kier molecular flexibility index (Phi) is 4.35. The molecule has 1 aliphatic heterocycles. The largest absolute Gasteiger partial charge is 0.444 e. The molecule has 0 aromatic heterocycles. The van der Waals surface area contributed by atoms with Crippen LogP contribution in [0.5, 0.6) is 0 Å². The molecular formula is C15H17F4NO2. The molecule has 0 N–H and O–H groups in total. The van der Waals surface area contributed by atoms with Crippen molar-refractivity contribution in [2.45, 2.75) is 38.7 Å². The summed E-state index contributed by atoms with van der Waals surface area (Å²) in [5.41, 5.74) is -1.35. The van der Waals surface area contributed by atoms with Crippen LogP contribution in [0.3, 0.4) is 0 Å². The second kappa shape index (κ2) is 5.78. The van der Waals surface area contributed by atoms with E-state index in [0.717, 1.165) is 0 Å². The molecule has 0 spiro atoms. The zero-order valence-electron chi connectivity index (χ0n) is 12.6. The Balaban J connectivity index is 2.19. The fraction of sp³-hybridized carbons (Fsp3) is 0.533. The number of amides is 1. The van der Waals surface area contributed by atoms with Gasteiger partial charge in [-0.05, 0) is 27.2 Å². The lowest BCUT2D eigenvalue weighted by atomic mass is 9.97. The molecule has 1 saturated heterocycles. The molecule has 1 aromatic rings. The van der Waals surface area contributed by atoms with E-state index < -0.39 is 46.4 Å². The van der Waals surface area contributed by atoms with Gasteiger partial charge in [0.2, 0.25) is 0 Å². The molecule has 1 atom stereocenters. The summed E-state index contributed by atoms with van der Waals surface area (Å²) in [4.78, 5) is 13.2. The second-order valence-electron chi connectivity index (χ2n) is 6.29. The van der Waals surface area contributed by atoms with Gasteiger partial charge in [0, 0.05) is 30.6 Å². The Morgan fingerprint density at radius 1 is 1.18 bits per heavy atom. The number of hydrogen-bond acceptors (Lipinski definition) is 2. The summed E-state index contributed by atoms with van der Waals surface area (Å²) in [6.07, 6.45) is -0.414. The molecule has 122 valence electrons. The molecule has 3 nitrogen and oxygen atoms in total. The maximum atomic E-state index is 13.8. The number of ether oxygens (including phenoxy) is 1. The van der Waals surface area contributed by atoms with Crippen LogP contribution in [0.2, 0.25) is 0 Å². The van der Waals surface area contributed by atoms with E-state index in [-0.39, 0.29) is 25.6 Å². The molecule has 0 unspecified atom stereocenters. The molecule has 7 heteroatoms. The van der Waals surface area contributed by atoms with Crippen molar-refractivity contribution in [2.75, 3.05) is 13.1 Å². The third kappa shape index (κ3) is 3.34. The Morgan fingerprint density at radius 2 is 1.73 bits per heavy atom. The van der Waals surface area contributed by atoms with Crippen LogP contribution in [0.25, 0.3) is 0 Å². The SMILES string of the molecule is CC(C)(C)OC(=O)N1CC[C@@H](c2c(F)c(F)cc(F)c2F)C1. The molecule has 1 aliphatic rings. The van der Waals surface area contributed by atoms with E-state index in [1.165, 1.54) is 4.90 Å². The lowest BCUT2D eigenvalue weighted by molar-refractivity contribution is 0.0292. The van der Waals surface area contributed by atoms with Gasteiger partial charge in [-0.3, -0.25) is 0 Å². The first-order valence-corrected chi connectivity index (χ1v) is 6.91. The number of likely N-dealkylation sites (tertiary alicyclic amines) is 1. The summed E-state index contributed by atoms with van der Waals surface area (Å²) in [7, 11) is 0. The van der Waals surface area contributed by atoms with Crippen molar-refractivity contribution < 1.29 is 27.1 Å². The molecule has 1 amide bonds. The van der Waals surface area contributed by atoms with Gasteiger partial charge in [0.1, 0.15) is 5.60 Å². The van der Waals surface area contributed by atoms with Crippen molar-refractivity contribution in [3.05, 3.63) is 34.9 Å². The summed E-state index contributed by atoms with van der Waals surface area (Å²) in [5.74, 6) is -6.50. The number of carbonyl (C=O) groups excluding carboxylic acids is 1. The van der Waals surface area contributed by atoms with Crippen LogP contribution in [0.1, 0.15) is 38.7 Å². The average Bonchev–Trinajstić information content (AvgIpc) is 2.84. The van der Waals surface area contributed by atoms with Crippen LogP contribution in [0.15, 0.2) is 6.07 Å². The highest BCUT2D eigenvalue weighted by atomic mass is 19.2. The van der Waals surface area contributed by atoms with E-state index in [2.05, 4.69) is 0 Å². The van der Waals surface area contributed by atoms with Gasteiger partial charge in [-0.25, -0.2) is 22.4 Å². The number of halogens is 4. The monoisotopic (exact) mass is 319 g/mol. The summed E-state index contributed by atoms with van der Waals surface area (Å²) < 4.78 is 59.2. The van der Waals surface area contributed by atoms with Gasteiger partial charge in [-0.15, -0.1) is 0 Å². The second-order valence-corrected chi connectivity index (χ2v) is 6.29. The van der Waals surface area contributed by atoms with Crippen LogP contribution in [-0.2, 0) is 4.74 Å². The first-order valence-electron chi connectivity index (χ1n) is 6.91. The van der Waals surface area contributed by atoms with Crippen molar-refractivity contribution in [3.8, 4) is 0 Å². The van der Waals surface area contributed by atoms with Crippen molar-refractivity contribution >= 4 is 6.09 Å². The fourth-order valence-corrected chi connectivity index (χ4v) is 2.44. The number of nitrogens with zero attached hydrogens (tertiary/aromatic N) is 1. The van der Waals surface area contributed by atoms with Gasteiger partial charge in [0.15, 0.2) is 23.3 Å². The summed E-state index contributed by atoms with van der Waals surface area (Å²) in [5, 5.41) is 0. The fourth-order valence-electron chi connectivity index (χ4n) is 2.44. The summed E-state index contributed by atoms with van der Waals surface area (Å²) in [6.45, 7) is 5.24. The van der Waals surface area contributed by atoms with Gasteiger partial charge >= 0.3 is 6.09 Å². The standard InChI is InChI=1S/C15H17F4NO2/c1-15(2,3)22-14(21)20-5-4-8(7-20)11-12(18)9(16)6-10(17)13(11)19/h6,8H,4-5,7H2,1-3H3/t8-/m1/s1. The summed E-state index contributed by atoms with van der Waals surface area (Å²) >= 11 is 0. The number of rotatable bonds is 1. The smallest absolute Gasteiger partial charge is 0.410 e. The first kappa shape index (κ1) is 16.6. The third-order valence-electron chi connectivity index (χ3n) is 3.39. The maximum Gasteiger partial charge on any atom is 0.410 e. The van der Waals surface area contributed by atoms with Crippen molar-refractivity contribution in [1.29, 1.82) is 0 Å². The maximum absolute atomic E-state index is 13.8. The first-order chi connectivity index (χ1) is 10.1. The predicted molar refractivity (Wildman–Crippen MR) is 71.4 cm³/mol. The number of carbonyl (C=O) groups is 1. The van der Waals surface area contributed by atoms with Gasteiger partial charge < -0.3 is 9.64 Å². The van der Waals surface area contributed by atoms with Gasteiger partial charge in [-0.2, -0.15) is 0 Å². The number of benzene rings is 1. The van der Waals surface area contributed by atoms with Crippen molar-refractivity contribution in [3.63, 3.8) is 0 Å². The van der Waals surface area contributed by atoms with Crippen LogP contribution in [0, 0.1) is 23.3 Å². The molecular weight excluding hydrogens is 302 g/mol. The van der Waals surface area contributed by atoms with E-state index in [9.17, 15) is 22.4 Å². The quantitative estimate of drug-likeness (QED) is 0.579. The lowest BCUT2D eigenvalue weighted by Gasteiger charge is -2.24. The number of hydrogen-bond donors (Lipinski definition) is 0. The lowest BCUT2D eigenvalue weighted by Crippen LogP contribution is -2.35. The Hall–Kier alpha value is -1.79. The van der Waals surface area contributed by atoms with Gasteiger partial charge in [-0.1, -0.05) is 0 Å². The van der Waals surface area contributed by atoms with E-state index in [1.807, 2.05) is 0 Å². The molecule has 0 bridgehead atoms. The molecule has 1 fully saturated rings. The van der Waals surface area contributed by atoms with Crippen LogP contribution < -0.4 is 0 Å². The molecule has 22 heavy (non-hydrogen) atoms. The van der Waals surface area contributed by atoms with E-state index >= 15 is 0 Å². The zero-order chi connectivity index (χ0) is 16.7. The minimum atomic E-state index is -1.44. The molecule has 1 heterocycles. The minimum Gasteiger partial charge on any atom is -0.444 e. The van der Waals surface area contributed by atoms with Gasteiger partial charge in [0.25, 0.3) is 0 Å². The Labute approximate surface area is 125 Å². The topological polar surface area (TPSA) is 29.5 Å². The Morgan fingerprint density at radius 3 is 2.23 bits per heavy atom. The highest BCUT2D eigenvalue weighted by Gasteiger charge is 2.35. The summed E-state index contributed by atoms with van der Waals surface area (Å²) in [6, 6.07) is 0.175. The molecule has 0 radical (unpaired) electrons. The Bertz CT molecular complexity index is 572. The highest BCUT2D eigenvalue weighted by Crippen LogP contribution is 2.33. The minimum absolute atomic E-state index is 0.0500. The molecule has 2 rings (SSSR count). The highest BCUT2D eigenvalue weighted by molar-refractivity contribution is 5.68. The molecule has 0 aliphatic carbocycles. The normalized spacial score (nSPS) is 18.7. The van der Waals surface area contributed by atoms with Crippen LogP contribution >= 0.6 is 0 Å². The average molecular weight is 319 g/mol. The third-order valence-corrected chi connectivity index (χ3v) is 3.39. The molecule has 0 saturated carbocycles.